The third-order valence-electron chi connectivity index (χ3n) is 6.87. The largest absolute Gasteiger partial charge is 0.342 e. The van der Waals surface area contributed by atoms with Gasteiger partial charge in [0.2, 0.25) is 5.91 Å². The minimum atomic E-state index is 0.161. The number of piperidine rings is 1. The Bertz CT molecular complexity index is 1080. The molecule has 0 bridgehead atoms. The van der Waals surface area contributed by atoms with Gasteiger partial charge in [-0.3, -0.25) is 14.3 Å². The first-order chi connectivity index (χ1) is 16.6. The van der Waals surface area contributed by atoms with Crippen LogP contribution in [0.15, 0.2) is 53.0 Å². The van der Waals surface area contributed by atoms with Crippen LogP contribution in [0.25, 0.3) is 16.7 Å². The highest BCUT2D eigenvalue weighted by Gasteiger charge is 2.29. The van der Waals surface area contributed by atoms with Crippen molar-refractivity contribution in [3.8, 4) is 5.69 Å². The summed E-state index contributed by atoms with van der Waals surface area (Å²) in [6, 6.07) is 16.7. The number of rotatable bonds is 10. The zero-order valence-electron chi connectivity index (χ0n) is 20.5. The fraction of sp³-hybridized carbons (Fsp3) is 0.500. The summed E-state index contributed by atoms with van der Waals surface area (Å²) in [5.74, 6) is 1.59. The number of hydrogen-bond acceptors (Lipinski definition) is 3. The molecule has 1 aliphatic rings. The van der Waals surface area contributed by atoms with Gasteiger partial charge in [0.15, 0.2) is 0 Å². The summed E-state index contributed by atoms with van der Waals surface area (Å²) < 4.78 is 3.33. The molecule has 0 unspecified atom stereocenters. The average Bonchev–Trinajstić information content (AvgIpc) is 3.22. The fourth-order valence-corrected chi connectivity index (χ4v) is 5.30. The number of halogens is 1. The van der Waals surface area contributed by atoms with Crippen LogP contribution in [0.2, 0.25) is 0 Å². The van der Waals surface area contributed by atoms with Crippen LogP contribution in [0.5, 0.6) is 0 Å². The van der Waals surface area contributed by atoms with E-state index in [1.165, 1.54) is 0 Å². The smallest absolute Gasteiger partial charge is 0.225 e. The quantitative estimate of drug-likeness (QED) is 0.306. The van der Waals surface area contributed by atoms with Crippen LogP contribution < -0.4 is 0 Å². The molecule has 1 amide bonds. The molecule has 3 aromatic rings. The average molecular weight is 526 g/mol. The molecular formula is C28H37BrN4O. The maximum absolute atomic E-state index is 13.2. The second-order valence-electron chi connectivity index (χ2n) is 9.41. The highest BCUT2D eigenvalue weighted by Crippen LogP contribution is 2.27. The Morgan fingerprint density at radius 1 is 1.03 bits per heavy atom. The van der Waals surface area contributed by atoms with E-state index in [9.17, 15) is 4.79 Å². The number of carbonyl (C=O) groups excluding carboxylic acids is 1. The van der Waals surface area contributed by atoms with E-state index >= 15 is 0 Å². The Balaban J connectivity index is 1.46. The van der Waals surface area contributed by atoms with Crippen molar-refractivity contribution in [3.63, 3.8) is 0 Å². The molecule has 1 aromatic heterocycles. The fourth-order valence-electron chi connectivity index (χ4n) is 4.91. The van der Waals surface area contributed by atoms with E-state index in [0.29, 0.717) is 5.91 Å². The molecular weight excluding hydrogens is 488 g/mol. The summed E-state index contributed by atoms with van der Waals surface area (Å²) >= 11 is 3.62. The van der Waals surface area contributed by atoms with Crippen LogP contribution in [0.3, 0.4) is 0 Å². The number of imidazole rings is 1. The third-order valence-corrected chi connectivity index (χ3v) is 7.37. The third kappa shape index (κ3) is 5.89. The van der Waals surface area contributed by atoms with Crippen LogP contribution in [-0.2, 0) is 11.3 Å². The Labute approximate surface area is 212 Å². The molecule has 0 N–H and O–H groups in total. The number of fused-ring (bicyclic) bond motifs is 1. The van der Waals surface area contributed by atoms with E-state index in [1.807, 2.05) is 12.1 Å². The lowest BCUT2D eigenvalue weighted by atomic mass is 9.95. The van der Waals surface area contributed by atoms with Crippen LogP contribution in [0.4, 0.5) is 0 Å². The first-order valence-electron chi connectivity index (χ1n) is 12.8. The van der Waals surface area contributed by atoms with E-state index in [-0.39, 0.29) is 5.92 Å². The molecule has 5 nitrogen and oxygen atoms in total. The highest BCUT2D eigenvalue weighted by atomic mass is 79.9. The molecule has 34 heavy (non-hydrogen) atoms. The molecule has 2 aromatic carbocycles. The number of para-hydroxylation sites is 2. The molecule has 1 aliphatic heterocycles. The maximum atomic E-state index is 13.2. The minimum absolute atomic E-state index is 0.161. The molecule has 6 heteroatoms. The Morgan fingerprint density at radius 2 is 1.74 bits per heavy atom. The summed E-state index contributed by atoms with van der Waals surface area (Å²) in [5.41, 5.74) is 3.26. The standard InChI is InChI=1S/C28H37BrN4O/c1-3-5-16-32(17-6-4-2)28(34)22-14-18-31(19-15-22)21-27-30-25-12-7-8-13-26(25)33(27)24-11-9-10-23(29)20-24/h7-13,20,22H,3-6,14-19,21H2,1-2H3. The lowest BCUT2D eigenvalue weighted by Crippen LogP contribution is -2.43. The molecule has 182 valence electrons. The van der Waals surface area contributed by atoms with Gasteiger partial charge < -0.3 is 4.90 Å². The molecule has 0 spiro atoms. The summed E-state index contributed by atoms with van der Waals surface area (Å²) in [6.45, 7) is 8.88. The second kappa shape index (κ2) is 12.0. The normalized spacial score (nSPS) is 15.1. The maximum Gasteiger partial charge on any atom is 0.225 e. The van der Waals surface area contributed by atoms with Gasteiger partial charge in [0, 0.05) is 29.2 Å². The number of benzene rings is 2. The predicted molar refractivity (Wildman–Crippen MR) is 143 cm³/mol. The molecule has 1 fully saturated rings. The van der Waals surface area contributed by atoms with Gasteiger partial charge in [0.1, 0.15) is 5.82 Å². The zero-order chi connectivity index (χ0) is 23.9. The summed E-state index contributed by atoms with van der Waals surface area (Å²) in [5, 5.41) is 0. The Hall–Kier alpha value is -2.18. The van der Waals surface area contributed by atoms with Gasteiger partial charge in [-0.25, -0.2) is 4.98 Å². The van der Waals surface area contributed by atoms with Crippen molar-refractivity contribution < 1.29 is 4.79 Å². The van der Waals surface area contributed by atoms with E-state index in [0.717, 1.165) is 98.3 Å². The molecule has 2 heterocycles. The zero-order valence-corrected chi connectivity index (χ0v) is 22.1. The van der Waals surface area contributed by atoms with Crippen molar-refractivity contribution in [2.45, 2.75) is 58.9 Å². The molecule has 0 atom stereocenters. The van der Waals surface area contributed by atoms with Gasteiger partial charge in [-0.2, -0.15) is 0 Å². The number of unbranched alkanes of at least 4 members (excludes halogenated alkanes) is 2. The van der Waals surface area contributed by atoms with Crippen molar-refractivity contribution in [1.82, 2.24) is 19.4 Å². The van der Waals surface area contributed by atoms with Gasteiger partial charge in [0.05, 0.1) is 17.6 Å². The molecule has 4 rings (SSSR count). The van der Waals surface area contributed by atoms with Crippen LogP contribution in [0.1, 0.15) is 58.2 Å². The highest BCUT2D eigenvalue weighted by molar-refractivity contribution is 9.10. The van der Waals surface area contributed by atoms with Crippen LogP contribution >= 0.6 is 15.9 Å². The van der Waals surface area contributed by atoms with Gasteiger partial charge in [-0.15, -0.1) is 0 Å². The first-order valence-corrected chi connectivity index (χ1v) is 13.6. The lowest BCUT2D eigenvalue weighted by molar-refractivity contribution is -0.137. The van der Waals surface area contributed by atoms with Gasteiger partial charge >= 0.3 is 0 Å². The van der Waals surface area contributed by atoms with Crippen molar-refractivity contribution >= 4 is 32.9 Å². The van der Waals surface area contributed by atoms with Gasteiger partial charge in [0.25, 0.3) is 0 Å². The Kier molecular flexibility index (Phi) is 8.79. The van der Waals surface area contributed by atoms with Crippen molar-refractivity contribution in [2.75, 3.05) is 26.2 Å². The monoisotopic (exact) mass is 524 g/mol. The number of amides is 1. The van der Waals surface area contributed by atoms with E-state index in [4.69, 9.17) is 4.98 Å². The van der Waals surface area contributed by atoms with E-state index in [1.54, 1.807) is 0 Å². The minimum Gasteiger partial charge on any atom is -0.342 e. The van der Waals surface area contributed by atoms with E-state index in [2.05, 4.69) is 80.5 Å². The number of likely N-dealkylation sites (tertiary alicyclic amines) is 1. The summed E-state index contributed by atoms with van der Waals surface area (Å²) in [4.78, 5) is 22.8. The topological polar surface area (TPSA) is 41.4 Å². The van der Waals surface area contributed by atoms with Crippen LogP contribution in [-0.4, -0.2) is 51.4 Å². The van der Waals surface area contributed by atoms with Crippen LogP contribution in [0, 0.1) is 5.92 Å². The lowest BCUT2D eigenvalue weighted by Gasteiger charge is -2.34. The number of hydrogen-bond donors (Lipinski definition) is 0. The first kappa shape index (κ1) is 24.9. The molecule has 0 aliphatic carbocycles. The molecule has 0 radical (unpaired) electrons. The SMILES string of the molecule is CCCCN(CCCC)C(=O)C1CCN(Cc2nc3ccccc3n2-c2cccc(Br)c2)CC1. The molecule has 0 saturated carbocycles. The second-order valence-corrected chi connectivity index (χ2v) is 10.3. The van der Waals surface area contributed by atoms with Crippen molar-refractivity contribution in [3.05, 3.63) is 58.8 Å². The summed E-state index contributed by atoms with van der Waals surface area (Å²) in [6.07, 6.45) is 6.33. The number of nitrogens with zero attached hydrogens (tertiary/aromatic N) is 4. The number of carbonyl (C=O) groups is 1. The Morgan fingerprint density at radius 3 is 2.41 bits per heavy atom. The van der Waals surface area contributed by atoms with Gasteiger partial charge in [-0.1, -0.05) is 60.8 Å². The van der Waals surface area contributed by atoms with Crippen molar-refractivity contribution in [1.29, 1.82) is 0 Å². The summed E-state index contributed by atoms with van der Waals surface area (Å²) in [7, 11) is 0. The van der Waals surface area contributed by atoms with E-state index < -0.39 is 0 Å². The predicted octanol–water partition coefficient (Wildman–Crippen LogP) is 6.43. The van der Waals surface area contributed by atoms with Gasteiger partial charge in [-0.05, 0) is 69.1 Å². The molecule has 1 saturated heterocycles. The van der Waals surface area contributed by atoms with Crippen molar-refractivity contribution in [2.24, 2.45) is 5.92 Å². The number of aromatic nitrogens is 2.